The Morgan fingerprint density at radius 1 is 1.10 bits per heavy atom. The van der Waals surface area contributed by atoms with Crippen LogP contribution in [0.5, 0.6) is 0 Å². The monoisotopic (exact) mass is 280 g/mol. The summed E-state index contributed by atoms with van der Waals surface area (Å²) in [4.78, 5) is 15.3. The molecule has 0 aromatic rings. The lowest BCUT2D eigenvalue weighted by molar-refractivity contribution is -0.146. The molecule has 0 atom stereocenters. The molecule has 0 radical (unpaired) electrons. The maximum Gasteiger partial charge on any atom is 0.228 e. The molecule has 0 aromatic heterocycles. The van der Waals surface area contributed by atoms with Gasteiger partial charge in [0, 0.05) is 18.0 Å². The Morgan fingerprint density at radius 3 is 2.30 bits per heavy atom. The first-order chi connectivity index (χ1) is 9.67. The molecule has 3 nitrogen and oxygen atoms in total. The van der Waals surface area contributed by atoms with Crippen LogP contribution >= 0.6 is 0 Å². The topological polar surface area (TPSA) is 46.3 Å². The van der Waals surface area contributed by atoms with Crippen molar-refractivity contribution < 1.29 is 4.79 Å². The first kappa shape index (κ1) is 15.8. The van der Waals surface area contributed by atoms with Gasteiger partial charge in [-0.2, -0.15) is 0 Å². The van der Waals surface area contributed by atoms with Crippen LogP contribution in [0.25, 0.3) is 0 Å². The second-order valence-electron chi connectivity index (χ2n) is 7.05. The minimum absolute atomic E-state index is 0.0930. The SMILES string of the molecule is CC1(C(=O)N(CCCN)C2CCCCC2)CCCCC1. The van der Waals surface area contributed by atoms with Gasteiger partial charge in [-0.25, -0.2) is 0 Å². The van der Waals surface area contributed by atoms with E-state index in [1.165, 1.54) is 51.4 Å². The van der Waals surface area contributed by atoms with Gasteiger partial charge >= 0.3 is 0 Å². The summed E-state index contributed by atoms with van der Waals surface area (Å²) in [7, 11) is 0. The lowest BCUT2D eigenvalue weighted by Crippen LogP contribution is -2.49. The average molecular weight is 280 g/mol. The van der Waals surface area contributed by atoms with Crippen molar-refractivity contribution in [2.75, 3.05) is 13.1 Å². The van der Waals surface area contributed by atoms with Gasteiger partial charge in [0.2, 0.25) is 5.91 Å². The fourth-order valence-electron chi connectivity index (χ4n) is 4.00. The molecule has 2 fully saturated rings. The smallest absolute Gasteiger partial charge is 0.228 e. The molecule has 3 heteroatoms. The Bertz CT molecular complexity index is 304. The second-order valence-corrected chi connectivity index (χ2v) is 7.05. The van der Waals surface area contributed by atoms with Crippen molar-refractivity contribution in [3.63, 3.8) is 0 Å². The summed E-state index contributed by atoms with van der Waals surface area (Å²) in [5, 5.41) is 0. The number of nitrogens with two attached hydrogens (primary N) is 1. The van der Waals surface area contributed by atoms with Gasteiger partial charge in [0.25, 0.3) is 0 Å². The van der Waals surface area contributed by atoms with Crippen molar-refractivity contribution in [3.8, 4) is 0 Å². The highest BCUT2D eigenvalue weighted by Crippen LogP contribution is 2.39. The fraction of sp³-hybridized carbons (Fsp3) is 0.941. The van der Waals surface area contributed by atoms with Gasteiger partial charge in [-0.15, -0.1) is 0 Å². The minimum Gasteiger partial charge on any atom is -0.339 e. The molecule has 0 spiro atoms. The van der Waals surface area contributed by atoms with Crippen LogP contribution in [0.2, 0.25) is 0 Å². The molecule has 1 amide bonds. The molecule has 2 N–H and O–H groups in total. The Kier molecular flexibility index (Phi) is 5.88. The first-order valence-corrected chi connectivity index (χ1v) is 8.68. The third-order valence-electron chi connectivity index (χ3n) is 5.35. The minimum atomic E-state index is -0.0930. The van der Waals surface area contributed by atoms with E-state index in [2.05, 4.69) is 11.8 Å². The molecule has 2 rings (SSSR count). The summed E-state index contributed by atoms with van der Waals surface area (Å²) in [6.45, 7) is 3.76. The summed E-state index contributed by atoms with van der Waals surface area (Å²) in [5.41, 5.74) is 5.59. The summed E-state index contributed by atoms with van der Waals surface area (Å²) >= 11 is 0. The molecule has 116 valence electrons. The predicted octanol–water partition coefficient (Wildman–Crippen LogP) is 3.47. The van der Waals surface area contributed by atoms with Crippen molar-refractivity contribution in [1.29, 1.82) is 0 Å². The van der Waals surface area contributed by atoms with E-state index in [1.54, 1.807) is 0 Å². The Labute approximate surface area is 124 Å². The van der Waals surface area contributed by atoms with E-state index in [0.29, 0.717) is 18.5 Å². The lowest BCUT2D eigenvalue weighted by atomic mass is 9.74. The van der Waals surface area contributed by atoms with Crippen LogP contribution in [0.3, 0.4) is 0 Å². The highest BCUT2D eigenvalue weighted by molar-refractivity contribution is 5.82. The molecule has 2 saturated carbocycles. The van der Waals surface area contributed by atoms with Gasteiger partial charge < -0.3 is 10.6 Å². The Balaban J connectivity index is 2.05. The van der Waals surface area contributed by atoms with Gasteiger partial charge in [0.05, 0.1) is 0 Å². The Hall–Kier alpha value is -0.570. The van der Waals surface area contributed by atoms with Crippen molar-refractivity contribution in [2.24, 2.45) is 11.1 Å². The van der Waals surface area contributed by atoms with E-state index in [9.17, 15) is 4.79 Å². The number of amides is 1. The van der Waals surface area contributed by atoms with Gasteiger partial charge in [0.15, 0.2) is 0 Å². The van der Waals surface area contributed by atoms with Crippen LogP contribution in [0.4, 0.5) is 0 Å². The summed E-state index contributed by atoms with van der Waals surface area (Å²) in [6.07, 6.45) is 13.2. The van der Waals surface area contributed by atoms with E-state index in [-0.39, 0.29) is 5.41 Å². The molecule has 0 aromatic carbocycles. The second kappa shape index (κ2) is 7.44. The number of hydrogen-bond donors (Lipinski definition) is 1. The molecular formula is C17H32N2O. The zero-order valence-corrected chi connectivity index (χ0v) is 13.2. The zero-order chi connectivity index (χ0) is 14.4. The summed E-state index contributed by atoms with van der Waals surface area (Å²) in [6, 6.07) is 0.488. The number of carbonyl (C=O) groups is 1. The number of carbonyl (C=O) groups excluding carboxylic acids is 1. The molecule has 20 heavy (non-hydrogen) atoms. The maximum absolute atomic E-state index is 13.1. The highest BCUT2D eigenvalue weighted by Gasteiger charge is 2.39. The van der Waals surface area contributed by atoms with E-state index in [4.69, 9.17) is 5.73 Å². The first-order valence-electron chi connectivity index (χ1n) is 8.68. The van der Waals surface area contributed by atoms with Gasteiger partial charge in [0.1, 0.15) is 0 Å². The van der Waals surface area contributed by atoms with Crippen molar-refractivity contribution in [3.05, 3.63) is 0 Å². The predicted molar refractivity (Wildman–Crippen MR) is 83.4 cm³/mol. The summed E-state index contributed by atoms with van der Waals surface area (Å²) in [5.74, 6) is 0.428. The Morgan fingerprint density at radius 2 is 1.70 bits per heavy atom. The largest absolute Gasteiger partial charge is 0.339 e. The lowest BCUT2D eigenvalue weighted by Gasteiger charge is -2.42. The van der Waals surface area contributed by atoms with E-state index in [1.807, 2.05) is 0 Å². The third kappa shape index (κ3) is 3.75. The quantitative estimate of drug-likeness (QED) is 0.838. The molecule has 0 aliphatic heterocycles. The molecule has 2 aliphatic rings. The number of rotatable bonds is 5. The molecule has 0 heterocycles. The van der Waals surface area contributed by atoms with Gasteiger partial charge in [-0.3, -0.25) is 4.79 Å². The van der Waals surface area contributed by atoms with Crippen LogP contribution in [0.15, 0.2) is 0 Å². The number of hydrogen-bond acceptors (Lipinski definition) is 2. The highest BCUT2D eigenvalue weighted by atomic mass is 16.2. The molecule has 2 aliphatic carbocycles. The van der Waals surface area contributed by atoms with Crippen LogP contribution in [-0.4, -0.2) is 29.9 Å². The van der Waals surface area contributed by atoms with E-state index < -0.39 is 0 Å². The third-order valence-corrected chi connectivity index (χ3v) is 5.35. The number of nitrogens with zero attached hydrogens (tertiary/aromatic N) is 1. The maximum atomic E-state index is 13.1. The van der Waals surface area contributed by atoms with Crippen LogP contribution in [0, 0.1) is 5.41 Å². The van der Waals surface area contributed by atoms with Crippen LogP contribution < -0.4 is 5.73 Å². The molecule has 0 unspecified atom stereocenters. The molecule has 0 bridgehead atoms. The average Bonchev–Trinajstić information content (AvgIpc) is 2.49. The van der Waals surface area contributed by atoms with Crippen LogP contribution in [-0.2, 0) is 4.79 Å². The summed E-state index contributed by atoms with van der Waals surface area (Å²) < 4.78 is 0. The van der Waals surface area contributed by atoms with Crippen molar-refractivity contribution in [1.82, 2.24) is 4.90 Å². The van der Waals surface area contributed by atoms with E-state index >= 15 is 0 Å². The van der Waals surface area contributed by atoms with E-state index in [0.717, 1.165) is 25.8 Å². The van der Waals surface area contributed by atoms with Crippen LogP contribution in [0.1, 0.15) is 77.6 Å². The normalized spacial score (nSPS) is 23.5. The molecular weight excluding hydrogens is 248 g/mol. The zero-order valence-electron chi connectivity index (χ0n) is 13.2. The molecule has 0 saturated heterocycles. The fourth-order valence-corrected chi connectivity index (χ4v) is 4.00. The van der Waals surface area contributed by atoms with Crippen molar-refractivity contribution >= 4 is 5.91 Å². The van der Waals surface area contributed by atoms with Crippen molar-refractivity contribution in [2.45, 2.75) is 83.6 Å². The van der Waals surface area contributed by atoms with Gasteiger partial charge in [-0.1, -0.05) is 45.4 Å². The van der Waals surface area contributed by atoms with Gasteiger partial charge in [-0.05, 0) is 38.6 Å². The standard InChI is InChI=1S/C17H32N2O/c1-17(11-6-3-7-12-17)16(20)19(14-8-13-18)15-9-4-2-5-10-15/h15H,2-14,18H2,1H3.